The van der Waals surface area contributed by atoms with Crippen LogP contribution in [0.15, 0.2) is 22.7 Å². The molecule has 1 rings (SSSR count). The third-order valence-corrected chi connectivity index (χ3v) is 3.74. The van der Waals surface area contributed by atoms with Crippen LogP contribution in [0, 0.1) is 11.7 Å². The van der Waals surface area contributed by atoms with E-state index in [1.54, 1.807) is 6.07 Å². The van der Waals surface area contributed by atoms with Crippen LogP contribution in [0.2, 0.25) is 0 Å². The van der Waals surface area contributed by atoms with Gasteiger partial charge < -0.3 is 5.32 Å². The Balaban J connectivity index is 2.50. The molecule has 0 aliphatic rings. The summed E-state index contributed by atoms with van der Waals surface area (Å²) < 4.78 is 14.0. The molecule has 0 saturated heterocycles. The van der Waals surface area contributed by atoms with E-state index in [0.717, 1.165) is 16.7 Å². The number of halogens is 2. The molecule has 0 aromatic heterocycles. The summed E-state index contributed by atoms with van der Waals surface area (Å²) in [5, 5.41) is 3.33. The number of nitrogens with one attached hydrogen (secondary N) is 1. The lowest BCUT2D eigenvalue weighted by atomic mass is 9.99. The summed E-state index contributed by atoms with van der Waals surface area (Å²) >= 11 is 3.43. The van der Waals surface area contributed by atoms with Crippen molar-refractivity contribution in [1.29, 1.82) is 0 Å². The van der Waals surface area contributed by atoms with Crippen molar-refractivity contribution in [2.75, 3.05) is 11.9 Å². The van der Waals surface area contributed by atoms with Crippen LogP contribution in [0.4, 0.5) is 10.1 Å². The highest BCUT2D eigenvalue weighted by Crippen LogP contribution is 2.24. The van der Waals surface area contributed by atoms with Crippen molar-refractivity contribution in [2.24, 2.45) is 5.92 Å². The van der Waals surface area contributed by atoms with Gasteiger partial charge in [-0.15, -0.1) is 0 Å². The van der Waals surface area contributed by atoms with Crippen LogP contribution in [0.1, 0.15) is 39.5 Å². The Morgan fingerprint density at radius 2 is 2.12 bits per heavy atom. The second-order valence-electron chi connectivity index (χ2n) is 4.42. The first kappa shape index (κ1) is 14.5. The van der Waals surface area contributed by atoms with Crippen LogP contribution in [0.5, 0.6) is 0 Å². The van der Waals surface area contributed by atoms with Crippen molar-refractivity contribution in [3.05, 3.63) is 28.5 Å². The first-order valence-electron chi connectivity index (χ1n) is 6.36. The zero-order valence-electron chi connectivity index (χ0n) is 10.6. The Labute approximate surface area is 112 Å². The van der Waals surface area contributed by atoms with Gasteiger partial charge in [-0.3, -0.25) is 0 Å². The fraction of sp³-hybridized carbons (Fsp3) is 0.571. The standard InChI is InChI=1S/C14H21BrFN/c1-3-5-6-11(4-2)10-17-14-9-12(16)7-8-13(14)15/h7-9,11,17H,3-6,10H2,1-2H3. The Bertz CT molecular complexity index is 341. The quantitative estimate of drug-likeness (QED) is 0.728. The van der Waals surface area contributed by atoms with Gasteiger partial charge in [-0.25, -0.2) is 4.39 Å². The third kappa shape index (κ3) is 5.07. The van der Waals surface area contributed by atoms with E-state index in [-0.39, 0.29) is 5.82 Å². The van der Waals surface area contributed by atoms with Gasteiger partial charge in [-0.1, -0.05) is 33.1 Å². The van der Waals surface area contributed by atoms with Crippen molar-refractivity contribution in [3.8, 4) is 0 Å². The van der Waals surface area contributed by atoms with Crippen molar-refractivity contribution < 1.29 is 4.39 Å². The molecule has 1 N–H and O–H groups in total. The van der Waals surface area contributed by atoms with Gasteiger partial charge >= 0.3 is 0 Å². The fourth-order valence-electron chi connectivity index (χ4n) is 1.83. The molecule has 0 spiro atoms. The van der Waals surface area contributed by atoms with Crippen molar-refractivity contribution in [1.82, 2.24) is 0 Å². The van der Waals surface area contributed by atoms with Crippen LogP contribution in [-0.4, -0.2) is 6.54 Å². The summed E-state index contributed by atoms with van der Waals surface area (Å²) in [5.41, 5.74) is 0.847. The maximum Gasteiger partial charge on any atom is 0.125 e. The van der Waals surface area contributed by atoms with E-state index < -0.39 is 0 Å². The lowest BCUT2D eigenvalue weighted by Crippen LogP contribution is -2.14. The molecule has 17 heavy (non-hydrogen) atoms. The van der Waals surface area contributed by atoms with Crippen LogP contribution in [-0.2, 0) is 0 Å². The molecule has 0 heterocycles. The molecule has 0 amide bonds. The Kier molecular flexibility index (Phi) is 6.56. The molecule has 0 bridgehead atoms. The minimum Gasteiger partial charge on any atom is -0.384 e. The van der Waals surface area contributed by atoms with Gasteiger partial charge in [0.1, 0.15) is 5.82 Å². The molecule has 1 nitrogen and oxygen atoms in total. The summed E-state index contributed by atoms with van der Waals surface area (Å²) in [6, 6.07) is 4.74. The lowest BCUT2D eigenvalue weighted by Gasteiger charge is -2.17. The summed E-state index contributed by atoms with van der Waals surface area (Å²) in [6.45, 7) is 5.34. The molecule has 96 valence electrons. The van der Waals surface area contributed by atoms with Crippen molar-refractivity contribution in [2.45, 2.75) is 39.5 Å². The zero-order chi connectivity index (χ0) is 12.7. The predicted octanol–water partition coefficient (Wildman–Crippen LogP) is 5.22. The summed E-state index contributed by atoms with van der Waals surface area (Å²) in [5.74, 6) is 0.474. The molecular formula is C14H21BrFN. The molecule has 1 unspecified atom stereocenters. The summed E-state index contributed by atoms with van der Waals surface area (Å²) in [4.78, 5) is 0. The number of hydrogen-bond acceptors (Lipinski definition) is 1. The Morgan fingerprint density at radius 1 is 1.35 bits per heavy atom. The van der Waals surface area contributed by atoms with Crippen LogP contribution in [0.3, 0.4) is 0 Å². The largest absolute Gasteiger partial charge is 0.384 e. The van der Waals surface area contributed by atoms with Crippen LogP contribution in [0.25, 0.3) is 0 Å². The van der Waals surface area contributed by atoms with E-state index in [1.807, 2.05) is 0 Å². The minimum absolute atomic E-state index is 0.197. The van der Waals surface area contributed by atoms with Gasteiger partial charge in [0.2, 0.25) is 0 Å². The van der Waals surface area contributed by atoms with Gasteiger partial charge in [-0.05, 0) is 46.5 Å². The van der Waals surface area contributed by atoms with Crippen molar-refractivity contribution >= 4 is 21.6 Å². The maximum atomic E-state index is 13.1. The van der Waals surface area contributed by atoms with Gasteiger partial charge in [0, 0.05) is 11.0 Å². The predicted molar refractivity (Wildman–Crippen MR) is 75.9 cm³/mol. The smallest absolute Gasteiger partial charge is 0.125 e. The molecule has 0 fully saturated rings. The zero-order valence-corrected chi connectivity index (χ0v) is 12.2. The topological polar surface area (TPSA) is 12.0 Å². The highest BCUT2D eigenvalue weighted by Gasteiger charge is 2.07. The lowest BCUT2D eigenvalue weighted by molar-refractivity contribution is 0.472. The van der Waals surface area contributed by atoms with Gasteiger partial charge in [0.15, 0.2) is 0 Å². The van der Waals surface area contributed by atoms with Gasteiger partial charge in [0.25, 0.3) is 0 Å². The molecule has 3 heteroatoms. The van der Waals surface area contributed by atoms with E-state index in [2.05, 4.69) is 35.1 Å². The molecule has 1 aromatic rings. The van der Waals surface area contributed by atoms with E-state index >= 15 is 0 Å². The average Bonchev–Trinajstić information content (AvgIpc) is 2.33. The third-order valence-electron chi connectivity index (χ3n) is 3.05. The minimum atomic E-state index is -0.197. The number of unbranched alkanes of at least 4 members (excludes halogenated alkanes) is 1. The summed E-state index contributed by atoms with van der Waals surface area (Å²) in [7, 11) is 0. The molecule has 1 aromatic carbocycles. The fourth-order valence-corrected chi connectivity index (χ4v) is 2.22. The number of rotatable bonds is 7. The first-order valence-corrected chi connectivity index (χ1v) is 7.15. The van der Waals surface area contributed by atoms with E-state index in [9.17, 15) is 4.39 Å². The van der Waals surface area contributed by atoms with Crippen LogP contribution < -0.4 is 5.32 Å². The Hall–Kier alpha value is -0.570. The molecule has 0 aliphatic heterocycles. The normalized spacial score (nSPS) is 12.5. The van der Waals surface area contributed by atoms with Gasteiger partial charge in [0.05, 0.1) is 5.69 Å². The van der Waals surface area contributed by atoms with E-state index in [1.165, 1.54) is 37.8 Å². The second-order valence-corrected chi connectivity index (χ2v) is 5.28. The van der Waals surface area contributed by atoms with E-state index in [4.69, 9.17) is 0 Å². The summed E-state index contributed by atoms with van der Waals surface area (Å²) in [6.07, 6.45) is 4.91. The monoisotopic (exact) mass is 301 g/mol. The molecule has 1 atom stereocenters. The molecule has 0 aliphatic carbocycles. The maximum absolute atomic E-state index is 13.1. The second kappa shape index (κ2) is 7.70. The first-order chi connectivity index (χ1) is 8.17. The average molecular weight is 302 g/mol. The van der Waals surface area contributed by atoms with Crippen molar-refractivity contribution in [3.63, 3.8) is 0 Å². The Morgan fingerprint density at radius 3 is 2.76 bits per heavy atom. The molecule has 0 radical (unpaired) electrons. The molecular weight excluding hydrogens is 281 g/mol. The highest BCUT2D eigenvalue weighted by molar-refractivity contribution is 9.10. The SMILES string of the molecule is CCCCC(CC)CNc1cc(F)ccc1Br. The van der Waals surface area contributed by atoms with Gasteiger partial charge in [-0.2, -0.15) is 0 Å². The number of benzene rings is 1. The molecule has 0 saturated carbocycles. The number of anilines is 1. The highest BCUT2D eigenvalue weighted by atomic mass is 79.9. The number of hydrogen-bond donors (Lipinski definition) is 1. The van der Waals surface area contributed by atoms with Crippen LogP contribution >= 0.6 is 15.9 Å². The van der Waals surface area contributed by atoms with E-state index in [0.29, 0.717) is 5.92 Å².